The van der Waals surface area contributed by atoms with E-state index in [4.69, 9.17) is 0 Å². The van der Waals surface area contributed by atoms with Crippen molar-refractivity contribution >= 4 is 37.6 Å². The first kappa shape index (κ1) is 15.5. The Morgan fingerprint density at radius 1 is 0.810 bits per heavy atom. The van der Waals surface area contributed by atoms with Crippen molar-refractivity contribution in [1.82, 2.24) is 0 Å². The van der Waals surface area contributed by atoms with Gasteiger partial charge in [0.25, 0.3) is 0 Å². The van der Waals surface area contributed by atoms with Gasteiger partial charge in [-0.1, -0.05) is 0 Å². The van der Waals surface area contributed by atoms with Crippen molar-refractivity contribution in [3.63, 3.8) is 0 Å². The first-order valence-corrected chi connectivity index (χ1v) is 7.02. The molecule has 0 spiro atoms. The topological polar surface area (TPSA) is 118 Å². The molecular formula is C13H8Br2O6. The molecule has 0 aliphatic heterocycles. The molecule has 0 aliphatic carbocycles. The van der Waals surface area contributed by atoms with Crippen LogP contribution in [0, 0.1) is 0 Å². The van der Waals surface area contributed by atoms with E-state index in [1.807, 2.05) is 0 Å². The fraction of sp³-hybridized carbons (Fsp3) is 0. The summed E-state index contributed by atoms with van der Waals surface area (Å²) in [6.45, 7) is 0. The monoisotopic (exact) mass is 418 g/mol. The SMILES string of the molecule is O=C(c1ccc(O)c(O)c1)c1c(Br)c(O)c(O)c(O)c1Br. The molecule has 0 saturated carbocycles. The third-order valence-electron chi connectivity index (χ3n) is 2.77. The predicted octanol–water partition coefficient (Wildman–Crippen LogP) is 2.97. The smallest absolute Gasteiger partial charge is 0.202 e. The van der Waals surface area contributed by atoms with Crippen LogP contribution in [0.4, 0.5) is 0 Å². The highest BCUT2D eigenvalue weighted by Gasteiger charge is 2.26. The molecule has 5 N–H and O–H groups in total. The van der Waals surface area contributed by atoms with Crippen LogP contribution in [0.1, 0.15) is 15.9 Å². The first-order chi connectivity index (χ1) is 9.75. The second-order valence-corrected chi connectivity index (χ2v) is 5.67. The van der Waals surface area contributed by atoms with Gasteiger partial charge in [-0.15, -0.1) is 0 Å². The van der Waals surface area contributed by atoms with Gasteiger partial charge in [0.15, 0.2) is 28.8 Å². The number of carbonyl (C=O) groups is 1. The molecule has 110 valence electrons. The van der Waals surface area contributed by atoms with Crippen molar-refractivity contribution in [3.05, 3.63) is 38.3 Å². The number of phenols is 5. The molecule has 2 rings (SSSR count). The van der Waals surface area contributed by atoms with Crippen LogP contribution in [0.15, 0.2) is 27.1 Å². The summed E-state index contributed by atoms with van der Waals surface area (Å²) in [7, 11) is 0. The molecule has 0 aliphatic rings. The van der Waals surface area contributed by atoms with Gasteiger partial charge in [0.2, 0.25) is 5.75 Å². The van der Waals surface area contributed by atoms with E-state index in [1.165, 1.54) is 6.07 Å². The number of carbonyl (C=O) groups excluding carboxylic acids is 1. The summed E-state index contributed by atoms with van der Waals surface area (Å²) < 4.78 is -0.246. The Labute approximate surface area is 135 Å². The van der Waals surface area contributed by atoms with Gasteiger partial charge in [-0.05, 0) is 50.1 Å². The molecule has 0 amide bonds. The Kier molecular flexibility index (Phi) is 4.02. The largest absolute Gasteiger partial charge is 0.504 e. The molecule has 0 bridgehead atoms. The average Bonchev–Trinajstić information content (AvgIpc) is 2.46. The lowest BCUT2D eigenvalue weighted by molar-refractivity contribution is 0.103. The summed E-state index contributed by atoms with van der Waals surface area (Å²) >= 11 is 5.93. The minimum atomic E-state index is -0.779. The number of benzene rings is 2. The maximum absolute atomic E-state index is 12.4. The minimum Gasteiger partial charge on any atom is -0.504 e. The maximum atomic E-state index is 12.4. The van der Waals surface area contributed by atoms with Crippen molar-refractivity contribution in [1.29, 1.82) is 0 Å². The van der Waals surface area contributed by atoms with Crippen LogP contribution in [0.3, 0.4) is 0 Å². The summed E-state index contributed by atoms with van der Waals surface area (Å²) in [6.07, 6.45) is 0. The van der Waals surface area contributed by atoms with Crippen molar-refractivity contribution in [2.45, 2.75) is 0 Å². The van der Waals surface area contributed by atoms with Crippen molar-refractivity contribution in [2.75, 3.05) is 0 Å². The third kappa shape index (κ3) is 2.52. The van der Waals surface area contributed by atoms with Gasteiger partial charge in [0, 0.05) is 5.56 Å². The molecule has 0 saturated heterocycles. The fourth-order valence-electron chi connectivity index (χ4n) is 1.66. The van der Waals surface area contributed by atoms with Gasteiger partial charge in [0.1, 0.15) is 0 Å². The van der Waals surface area contributed by atoms with Gasteiger partial charge >= 0.3 is 0 Å². The number of hydrogen-bond acceptors (Lipinski definition) is 6. The van der Waals surface area contributed by atoms with E-state index in [1.54, 1.807) is 0 Å². The number of ketones is 1. The summed E-state index contributed by atoms with van der Waals surface area (Å²) in [4.78, 5) is 12.4. The first-order valence-electron chi connectivity index (χ1n) is 5.44. The van der Waals surface area contributed by atoms with E-state index in [2.05, 4.69) is 31.9 Å². The summed E-state index contributed by atoms with van der Waals surface area (Å²) in [5.41, 5.74) is -0.135. The second kappa shape index (κ2) is 5.45. The molecule has 6 nitrogen and oxygen atoms in total. The van der Waals surface area contributed by atoms with Gasteiger partial charge in [0.05, 0.1) is 14.5 Å². The lowest BCUT2D eigenvalue weighted by Crippen LogP contribution is -2.04. The Morgan fingerprint density at radius 3 is 1.81 bits per heavy atom. The van der Waals surface area contributed by atoms with Crippen molar-refractivity contribution in [2.24, 2.45) is 0 Å². The van der Waals surface area contributed by atoms with E-state index in [0.29, 0.717) is 0 Å². The molecule has 0 fully saturated rings. The van der Waals surface area contributed by atoms with Crippen LogP contribution < -0.4 is 0 Å². The number of aromatic hydroxyl groups is 5. The van der Waals surface area contributed by atoms with Crippen molar-refractivity contribution in [3.8, 4) is 28.7 Å². The molecule has 0 unspecified atom stereocenters. The van der Waals surface area contributed by atoms with E-state index in [9.17, 15) is 30.3 Å². The number of halogens is 2. The molecule has 0 heterocycles. The Bertz CT molecular complexity index is 728. The normalized spacial score (nSPS) is 10.6. The van der Waals surface area contributed by atoms with Crippen LogP contribution in [-0.4, -0.2) is 31.3 Å². The maximum Gasteiger partial charge on any atom is 0.202 e. The van der Waals surface area contributed by atoms with E-state index in [-0.39, 0.29) is 25.8 Å². The zero-order chi connectivity index (χ0) is 15.9. The highest BCUT2D eigenvalue weighted by atomic mass is 79.9. The Balaban J connectivity index is 2.66. The summed E-state index contributed by atoms with van der Waals surface area (Å²) in [5.74, 6) is -3.70. The van der Waals surface area contributed by atoms with Crippen LogP contribution in [0.5, 0.6) is 28.7 Å². The highest BCUT2D eigenvalue weighted by molar-refractivity contribution is 9.11. The zero-order valence-electron chi connectivity index (χ0n) is 10.1. The number of phenolic OH excluding ortho intramolecular Hbond substituents is 5. The lowest BCUT2D eigenvalue weighted by Gasteiger charge is -2.12. The molecule has 0 aromatic heterocycles. The molecule has 0 atom stereocenters. The third-order valence-corrected chi connectivity index (χ3v) is 4.31. The molecule has 21 heavy (non-hydrogen) atoms. The molecule has 0 radical (unpaired) electrons. The minimum absolute atomic E-state index is 0.0104. The van der Waals surface area contributed by atoms with Gasteiger partial charge in [-0.3, -0.25) is 4.79 Å². The second-order valence-electron chi connectivity index (χ2n) is 4.08. The van der Waals surface area contributed by atoms with Gasteiger partial charge in [-0.25, -0.2) is 0 Å². The zero-order valence-corrected chi connectivity index (χ0v) is 13.3. The summed E-state index contributed by atoms with van der Waals surface area (Å²) in [6, 6.07) is 3.43. The van der Waals surface area contributed by atoms with Crippen LogP contribution in [0.25, 0.3) is 0 Å². The summed E-state index contributed by atoms with van der Waals surface area (Å²) in [5, 5.41) is 47.5. The standard InChI is InChI=1S/C13H8Br2O6/c14-8-7(9(15)12(20)13(21)11(8)19)10(18)4-1-2-5(16)6(17)3-4/h1-3,16-17,19-21H. The molecule has 2 aromatic rings. The fourth-order valence-corrected chi connectivity index (χ4v) is 3.06. The van der Waals surface area contributed by atoms with Gasteiger partial charge in [-0.2, -0.15) is 0 Å². The van der Waals surface area contributed by atoms with E-state index >= 15 is 0 Å². The molecule has 2 aromatic carbocycles. The van der Waals surface area contributed by atoms with Gasteiger partial charge < -0.3 is 25.5 Å². The quantitative estimate of drug-likeness (QED) is 0.377. The number of hydrogen-bond donors (Lipinski definition) is 5. The average molecular weight is 420 g/mol. The Hall–Kier alpha value is -1.93. The van der Waals surface area contributed by atoms with Crippen LogP contribution in [0.2, 0.25) is 0 Å². The van der Waals surface area contributed by atoms with Crippen LogP contribution in [-0.2, 0) is 0 Å². The molecular weight excluding hydrogens is 412 g/mol. The predicted molar refractivity (Wildman–Crippen MR) is 80.0 cm³/mol. The van der Waals surface area contributed by atoms with Crippen LogP contribution >= 0.6 is 31.9 Å². The number of rotatable bonds is 2. The van der Waals surface area contributed by atoms with E-state index < -0.39 is 28.8 Å². The van der Waals surface area contributed by atoms with E-state index in [0.717, 1.165) is 12.1 Å². The highest BCUT2D eigenvalue weighted by Crippen LogP contribution is 2.48. The van der Waals surface area contributed by atoms with Crippen molar-refractivity contribution < 1.29 is 30.3 Å². The molecule has 8 heteroatoms. The Morgan fingerprint density at radius 2 is 1.33 bits per heavy atom. The lowest BCUT2D eigenvalue weighted by atomic mass is 10.0.